The zero-order valence-electron chi connectivity index (χ0n) is 14.6. The third kappa shape index (κ3) is 4.44. The highest BCUT2D eigenvalue weighted by molar-refractivity contribution is 7.99. The summed E-state index contributed by atoms with van der Waals surface area (Å²) in [6.45, 7) is 2.40. The molecule has 1 aliphatic heterocycles. The number of piperazine rings is 1. The number of carbonyl (C=O) groups is 2. The molecular weight excluding hydrogens is 388 g/mol. The lowest BCUT2D eigenvalue weighted by molar-refractivity contribution is -0.139. The van der Waals surface area contributed by atoms with E-state index in [1.165, 1.54) is 11.8 Å². The molecule has 2 amide bonds. The first-order chi connectivity index (χ1) is 13.1. The van der Waals surface area contributed by atoms with E-state index in [1.807, 2.05) is 4.90 Å². The Hall–Kier alpha value is -2.06. The van der Waals surface area contributed by atoms with Crippen molar-refractivity contribution in [3.63, 3.8) is 0 Å². The number of hydrogen-bond acceptors (Lipinski definition) is 6. The molecule has 0 atom stereocenters. The van der Waals surface area contributed by atoms with Crippen molar-refractivity contribution in [2.24, 2.45) is 5.92 Å². The normalized spacial score (nSPS) is 17.2. The van der Waals surface area contributed by atoms with Crippen molar-refractivity contribution in [1.29, 1.82) is 0 Å². The Kier molecular flexibility index (Phi) is 5.36. The second-order valence-electron chi connectivity index (χ2n) is 6.65. The summed E-state index contributed by atoms with van der Waals surface area (Å²) in [5.41, 5.74) is 0.779. The lowest BCUT2D eigenvalue weighted by Gasteiger charge is -2.34. The molecule has 0 N–H and O–H groups in total. The van der Waals surface area contributed by atoms with Gasteiger partial charge >= 0.3 is 0 Å². The maximum atomic E-state index is 12.4. The summed E-state index contributed by atoms with van der Waals surface area (Å²) in [5.74, 6) is 1.13. The van der Waals surface area contributed by atoms with Gasteiger partial charge in [0.2, 0.25) is 17.7 Å². The highest BCUT2D eigenvalue weighted by atomic mass is 35.5. The molecule has 2 aromatic rings. The number of halogens is 1. The van der Waals surface area contributed by atoms with Crippen LogP contribution >= 0.6 is 23.4 Å². The van der Waals surface area contributed by atoms with Gasteiger partial charge in [-0.2, -0.15) is 0 Å². The first-order valence-corrected chi connectivity index (χ1v) is 10.3. The minimum absolute atomic E-state index is 0.0183. The molecule has 1 saturated carbocycles. The second kappa shape index (κ2) is 7.90. The molecule has 0 spiro atoms. The van der Waals surface area contributed by atoms with E-state index in [9.17, 15) is 9.59 Å². The SMILES string of the molecule is O=C(CSc1nnc(-c2ccc(Cl)cc2)o1)N1CCN(C(=O)C2CC2)CC1. The fourth-order valence-electron chi connectivity index (χ4n) is 2.96. The van der Waals surface area contributed by atoms with Crippen molar-refractivity contribution in [3.8, 4) is 11.5 Å². The molecule has 2 heterocycles. The van der Waals surface area contributed by atoms with Gasteiger partial charge in [-0.25, -0.2) is 0 Å². The van der Waals surface area contributed by atoms with E-state index >= 15 is 0 Å². The minimum Gasteiger partial charge on any atom is -0.411 e. The van der Waals surface area contributed by atoms with Crippen molar-refractivity contribution in [2.75, 3.05) is 31.9 Å². The molecule has 1 aliphatic carbocycles. The number of hydrogen-bond donors (Lipinski definition) is 0. The van der Waals surface area contributed by atoms with Gasteiger partial charge in [-0.15, -0.1) is 10.2 Å². The molecule has 4 rings (SSSR count). The van der Waals surface area contributed by atoms with Gasteiger partial charge in [0.05, 0.1) is 5.75 Å². The van der Waals surface area contributed by atoms with Crippen molar-refractivity contribution in [2.45, 2.75) is 18.1 Å². The fourth-order valence-corrected chi connectivity index (χ4v) is 3.75. The van der Waals surface area contributed by atoms with E-state index in [1.54, 1.807) is 29.2 Å². The lowest BCUT2D eigenvalue weighted by Crippen LogP contribution is -2.51. The molecule has 2 aliphatic rings. The first-order valence-electron chi connectivity index (χ1n) is 8.89. The summed E-state index contributed by atoms with van der Waals surface area (Å²) in [7, 11) is 0. The predicted molar refractivity (Wildman–Crippen MR) is 101 cm³/mol. The van der Waals surface area contributed by atoms with Crippen LogP contribution in [0.2, 0.25) is 5.02 Å². The Labute approximate surface area is 166 Å². The van der Waals surface area contributed by atoms with Gasteiger partial charge in [0.1, 0.15) is 0 Å². The quantitative estimate of drug-likeness (QED) is 0.710. The van der Waals surface area contributed by atoms with Crippen LogP contribution in [0.4, 0.5) is 0 Å². The summed E-state index contributed by atoms with van der Waals surface area (Å²) >= 11 is 7.10. The molecule has 7 nitrogen and oxygen atoms in total. The van der Waals surface area contributed by atoms with Crippen molar-refractivity contribution in [1.82, 2.24) is 20.0 Å². The average Bonchev–Trinajstić information content (AvgIpc) is 3.44. The molecule has 2 fully saturated rings. The van der Waals surface area contributed by atoms with Gasteiger partial charge < -0.3 is 14.2 Å². The molecule has 1 aromatic carbocycles. The third-order valence-corrected chi connectivity index (χ3v) is 5.74. The van der Waals surface area contributed by atoms with Crippen LogP contribution in [0.1, 0.15) is 12.8 Å². The zero-order valence-corrected chi connectivity index (χ0v) is 16.2. The Morgan fingerprint density at radius 1 is 1.07 bits per heavy atom. The Balaban J connectivity index is 1.26. The van der Waals surface area contributed by atoms with E-state index in [0.717, 1.165) is 18.4 Å². The summed E-state index contributed by atoms with van der Waals surface area (Å²) < 4.78 is 5.60. The average molecular weight is 407 g/mol. The molecule has 1 saturated heterocycles. The van der Waals surface area contributed by atoms with Gasteiger partial charge in [0.25, 0.3) is 5.22 Å². The van der Waals surface area contributed by atoms with Gasteiger partial charge in [0, 0.05) is 42.7 Å². The second-order valence-corrected chi connectivity index (χ2v) is 8.01. The standard InChI is InChI=1S/C18H19ClN4O3S/c19-14-5-3-12(4-6-14)16-20-21-18(26-16)27-11-15(24)22-7-9-23(10-8-22)17(25)13-1-2-13/h3-6,13H,1-2,7-11H2. The van der Waals surface area contributed by atoms with E-state index in [0.29, 0.717) is 42.3 Å². The molecule has 142 valence electrons. The summed E-state index contributed by atoms with van der Waals surface area (Å²) in [6, 6.07) is 7.12. The van der Waals surface area contributed by atoms with Crippen LogP contribution in [0, 0.1) is 5.92 Å². The Bertz CT molecular complexity index is 829. The number of carbonyl (C=O) groups excluding carboxylic acids is 2. The molecule has 1 aromatic heterocycles. The van der Waals surface area contributed by atoms with Gasteiger partial charge in [-0.3, -0.25) is 9.59 Å². The van der Waals surface area contributed by atoms with Crippen molar-refractivity contribution in [3.05, 3.63) is 29.3 Å². The lowest BCUT2D eigenvalue weighted by atomic mass is 10.2. The number of nitrogens with zero attached hydrogens (tertiary/aromatic N) is 4. The molecular formula is C18H19ClN4O3S. The van der Waals surface area contributed by atoms with Crippen LogP contribution in [-0.2, 0) is 9.59 Å². The highest BCUT2D eigenvalue weighted by Gasteiger charge is 2.35. The van der Waals surface area contributed by atoms with Crippen LogP contribution in [-0.4, -0.2) is 63.7 Å². The predicted octanol–water partition coefficient (Wildman–Crippen LogP) is 2.56. The number of aromatic nitrogens is 2. The summed E-state index contributed by atoms with van der Waals surface area (Å²) in [6.07, 6.45) is 2.02. The Morgan fingerprint density at radius 3 is 2.41 bits per heavy atom. The number of rotatable bonds is 5. The Morgan fingerprint density at radius 2 is 1.74 bits per heavy atom. The van der Waals surface area contributed by atoms with Crippen LogP contribution < -0.4 is 0 Å². The van der Waals surface area contributed by atoms with Crippen LogP contribution in [0.15, 0.2) is 33.9 Å². The smallest absolute Gasteiger partial charge is 0.277 e. The fraction of sp³-hybridized carbons (Fsp3) is 0.444. The van der Waals surface area contributed by atoms with Crippen LogP contribution in [0.3, 0.4) is 0 Å². The molecule has 27 heavy (non-hydrogen) atoms. The van der Waals surface area contributed by atoms with E-state index in [2.05, 4.69) is 10.2 Å². The summed E-state index contributed by atoms with van der Waals surface area (Å²) in [5, 5.41) is 8.99. The number of benzene rings is 1. The molecule has 0 bridgehead atoms. The first kappa shape index (κ1) is 18.3. The molecule has 0 radical (unpaired) electrons. The van der Waals surface area contributed by atoms with Crippen molar-refractivity contribution >= 4 is 35.2 Å². The highest BCUT2D eigenvalue weighted by Crippen LogP contribution is 2.31. The van der Waals surface area contributed by atoms with Crippen molar-refractivity contribution < 1.29 is 14.0 Å². The maximum absolute atomic E-state index is 12.4. The maximum Gasteiger partial charge on any atom is 0.277 e. The van der Waals surface area contributed by atoms with Gasteiger partial charge in [-0.05, 0) is 37.1 Å². The zero-order chi connectivity index (χ0) is 18.8. The topological polar surface area (TPSA) is 79.5 Å². The number of thioether (sulfide) groups is 1. The van der Waals surface area contributed by atoms with E-state index in [4.69, 9.17) is 16.0 Å². The monoisotopic (exact) mass is 406 g/mol. The third-order valence-electron chi connectivity index (χ3n) is 4.69. The summed E-state index contributed by atoms with van der Waals surface area (Å²) in [4.78, 5) is 28.1. The molecule has 9 heteroatoms. The van der Waals surface area contributed by atoms with Gasteiger partial charge in [0.15, 0.2) is 0 Å². The molecule has 0 unspecified atom stereocenters. The van der Waals surface area contributed by atoms with Gasteiger partial charge in [-0.1, -0.05) is 23.4 Å². The number of amides is 2. The minimum atomic E-state index is 0.0183. The van der Waals surface area contributed by atoms with E-state index in [-0.39, 0.29) is 23.5 Å². The largest absolute Gasteiger partial charge is 0.411 e. The van der Waals surface area contributed by atoms with E-state index < -0.39 is 0 Å². The van der Waals surface area contributed by atoms with Crippen LogP contribution in [0.5, 0.6) is 0 Å². The van der Waals surface area contributed by atoms with Crippen LogP contribution in [0.25, 0.3) is 11.5 Å².